The fourth-order valence-electron chi connectivity index (χ4n) is 1.47. The summed E-state index contributed by atoms with van der Waals surface area (Å²) in [4.78, 5) is 7.50. The smallest absolute Gasteiger partial charge is 0.383 e. The van der Waals surface area contributed by atoms with Crippen LogP contribution in [0.1, 0.15) is 5.56 Å². The van der Waals surface area contributed by atoms with Crippen LogP contribution in [0.5, 0.6) is 0 Å². The standard InChI is InChI=1S/C11H9F3N4/c12-11(13,14)7-3-1-6(2-4-7)8-5-17-10(16)18-9(8)15/h1-5H,(H4,15,16,17,18). The van der Waals surface area contributed by atoms with Crippen molar-refractivity contribution in [2.24, 2.45) is 0 Å². The number of halogens is 3. The molecule has 2 aromatic rings. The molecule has 0 aliphatic heterocycles. The van der Waals surface area contributed by atoms with Crippen LogP contribution < -0.4 is 11.5 Å². The molecule has 94 valence electrons. The Morgan fingerprint density at radius 2 is 1.61 bits per heavy atom. The molecule has 0 unspecified atom stereocenters. The van der Waals surface area contributed by atoms with Gasteiger partial charge in [-0.25, -0.2) is 4.98 Å². The second-order valence-corrected chi connectivity index (χ2v) is 3.60. The average molecular weight is 254 g/mol. The van der Waals surface area contributed by atoms with Crippen molar-refractivity contribution >= 4 is 11.8 Å². The van der Waals surface area contributed by atoms with E-state index in [0.29, 0.717) is 11.1 Å². The quantitative estimate of drug-likeness (QED) is 0.818. The van der Waals surface area contributed by atoms with E-state index in [0.717, 1.165) is 12.1 Å². The number of hydrogen-bond donors (Lipinski definition) is 2. The van der Waals surface area contributed by atoms with Crippen molar-refractivity contribution in [3.63, 3.8) is 0 Å². The molecule has 0 amide bonds. The third kappa shape index (κ3) is 2.34. The van der Waals surface area contributed by atoms with Crippen molar-refractivity contribution in [1.29, 1.82) is 0 Å². The summed E-state index contributed by atoms with van der Waals surface area (Å²) in [7, 11) is 0. The predicted molar refractivity (Wildman–Crippen MR) is 61.3 cm³/mol. The van der Waals surface area contributed by atoms with Gasteiger partial charge in [0.1, 0.15) is 5.82 Å². The Morgan fingerprint density at radius 1 is 1.00 bits per heavy atom. The van der Waals surface area contributed by atoms with Gasteiger partial charge in [-0.3, -0.25) is 0 Å². The molecule has 7 heteroatoms. The highest BCUT2D eigenvalue weighted by atomic mass is 19.4. The highest BCUT2D eigenvalue weighted by Crippen LogP contribution is 2.31. The molecular weight excluding hydrogens is 245 g/mol. The molecule has 1 heterocycles. The number of aromatic nitrogens is 2. The van der Waals surface area contributed by atoms with Crippen LogP contribution in [0, 0.1) is 0 Å². The van der Waals surface area contributed by atoms with Gasteiger partial charge in [-0.1, -0.05) is 12.1 Å². The largest absolute Gasteiger partial charge is 0.416 e. The van der Waals surface area contributed by atoms with Crippen LogP contribution in [-0.2, 0) is 6.18 Å². The van der Waals surface area contributed by atoms with Gasteiger partial charge in [0.15, 0.2) is 0 Å². The van der Waals surface area contributed by atoms with E-state index in [1.54, 1.807) is 0 Å². The molecule has 0 radical (unpaired) electrons. The van der Waals surface area contributed by atoms with Crippen molar-refractivity contribution in [1.82, 2.24) is 9.97 Å². The molecule has 0 saturated heterocycles. The molecule has 0 aliphatic rings. The van der Waals surface area contributed by atoms with Crippen molar-refractivity contribution in [2.75, 3.05) is 11.5 Å². The Bertz CT molecular complexity index is 563. The lowest BCUT2D eigenvalue weighted by Gasteiger charge is -2.08. The Labute approximate surface area is 100 Å². The Balaban J connectivity index is 2.41. The second kappa shape index (κ2) is 4.17. The van der Waals surface area contributed by atoms with Gasteiger partial charge >= 0.3 is 6.18 Å². The molecular formula is C11H9F3N4. The maximum Gasteiger partial charge on any atom is 0.416 e. The normalized spacial score (nSPS) is 11.5. The Hall–Kier alpha value is -2.31. The van der Waals surface area contributed by atoms with E-state index in [9.17, 15) is 13.2 Å². The van der Waals surface area contributed by atoms with Crippen LogP contribution in [0.15, 0.2) is 30.5 Å². The van der Waals surface area contributed by atoms with Crippen LogP contribution >= 0.6 is 0 Å². The molecule has 0 saturated carbocycles. The van der Waals surface area contributed by atoms with Crippen LogP contribution in [0.3, 0.4) is 0 Å². The summed E-state index contributed by atoms with van der Waals surface area (Å²) in [5.41, 5.74) is 11.2. The summed E-state index contributed by atoms with van der Waals surface area (Å²) in [6.07, 6.45) is -2.98. The monoisotopic (exact) mass is 254 g/mol. The first kappa shape index (κ1) is 12.2. The summed E-state index contributed by atoms with van der Waals surface area (Å²) < 4.78 is 37.2. The van der Waals surface area contributed by atoms with E-state index in [1.165, 1.54) is 18.3 Å². The number of rotatable bonds is 1. The molecule has 0 bridgehead atoms. The van der Waals surface area contributed by atoms with Crippen LogP contribution in [0.25, 0.3) is 11.1 Å². The summed E-state index contributed by atoms with van der Waals surface area (Å²) in [6, 6.07) is 4.58. The van der Waals surface area contributed by atoms with Crippen LogP contribution in [-0.4, -0.2) is 9.97 Å². The lowest BCUT2D eigenvalue weighted by molar-refractivity contribution is -0.137. The van der Waals surface area contributed by atoms with E-state index in [1.807, 2.05) is 0 Å². The van der Waals surface area contributed by atoms with Gasteiger partial charge in [0.2, 0.25) is 5.95 Å². The zero-order valence-corrected chi connectivity index (χ0v) is 9.07. The molecule has 18 heavy (non-hydrogen) atoms. The highest BCUT2D eigenvalue weighted by Gasteiger charge is 2.30. The lowest BCUT2D eigenvalue weighted by atomic mass is 10.1. The first-order chi connectivity index (χ1) is 8.38. The van der Waals surface area contributed by atoms with Crippen molar-refractivity contribution < 1.29 is 13.2 Å². The molecule has 4 nitrogen and oxygen atoms in total. The van der Waals surface area contributed by atoms with Gasteiger partial charge in [-0.05, 0) is 17.7 Å². The number of nitrogens with two attached hydrogens (primary N) is 2. The van der Waals surface area contributed by atoms with Gasteiger partial charge in [0, 0.05) is 11.8 Å². The fourth-order valence-corrected chi connectivity index (χ4v) is 1.47. The molecule has 2 rings (SSSR count). The van der Waals surface area contributed by atoms with E-state index in [4.69, 9.17) is 11.5 Å². The lowest BCUT2D eigenvalue weighted by Crippen LogP contribution is -2.04. The van der Waals surface area contributed by atoms with E-state index < -0.39 is 11.7 Å². The molecule has 0 atom stereocenters. The first-order valence-corrected chi connectivity index (χ1v) is 4.93. The van der Waals surface area contributed by atoms with E-state index >= 15 is 0 Å². The van der Waals surface area contributed by atoms with E-state index in [-0.39, 0.29) is 11.8 Å². The average Bonchev–Trinajstić information content (AvgIpc) is 2.28. The van der Waals surface area contributed by atoms with Gasteiger partial charge in [-0.15, -0.1) is 0 Å². The zero-order chi connectivity index (χ0) is 13.3. The number of alkyl halides is 3. The predicted octanol–water partition coefficient (Wildman–Crippen LogP) is 2.33. The zero-order valence-electron chi connectivity index (χ0n) is 9.07. The van der Waals surface area contributed by atoms with Crippen LogP contribution in [0.4, 0.5) is 24.9 Å². The van der Waals surface area contributed by atoms with Crippen molar-refractivity contribution in [3.8, 4) is 11.1 Å². The number of hydrogen-bond acceptors (Lipinski definition) is 4. The third-order valence-electron chi connectivity index (χ3n) is 2.36. The van der Waals surface area contributed by atoms with E-state index in [2.05, 4.69) is 9.97 Å². The number of nitrogen functional groups attached to an aromatic ring is 2. The minimum Gasteiger partial charge on any atom is -0.383 e. The summed E-state index contributed by atoms with van der Waals surface area (Å²) >= 11 is 0. The maximum absolute atomic E-state index is 12.4. The molecule has 0 spiro atoms. The Morgan fingerprint density at radius 3 is 2.11 bits per heavy atom. The molecule has 1 aromatic carbocycles. The Kier molecular flexibility index (Phi) is 2.82. The summed E-state index contributed by atoms with van der Waals surface area (Å²) in [5, 5.41) is 0. The first-order valence-electron chi connectivity index (χ1n) is 4.93. The van der Waals surface area contributed by atoms with Crippen molar-refractivity contribution in [3.05, 3.63) is 36.0 Å². The summed E-state index contributed by atoms with van der Waals surface area (Å²) in [5.74, 6) is 0.144. The molecule has 0 aliphatic carbocycles. The molecule has 4 N–H and O–H groups in total. The number of anilines is 2. The molecule has 0 fully saturated rings. The third-order valence-corrected chi connectivity index (χ3v) is 2.36. The minimum atomic E-state index is -4.36. The van der Waals surface area contributed by atoms with Gasteiger partial charge in [0.05, 0.1) is 5.56 Å². The maximum atomic E-state index is 12.4. The number of benzene rings is 1. The minimum absolute atomic E-state index is 0.0168. The topological polar surface area (TPSA) is 77.8 Å². The van der Waals surface area contributed by atoms with Crippen LogP contribution in [0.2, 0.25) is 0 Å². The molecule has 1 aromatic heterocycles. The second-order valence-electron chi connectivity index (χ2n) is 3.60. The van der Waals surface area contributed by atoms with Crippen molar-refractivity contribution in [2.45, 2.75) is 6.18 Å². The number of nitrogens with zero attached hydrogens (tertiary/aromatic N) is 2. The highest BCUT2D eigenvalue weighted by molar-refractivity contribution is 5.73. The SMILES string of the molecule is Nc1ncc(-c2ccc(C(F)(F)F)cc2)c(N)n1. The fraction of sp³-hybridized carbons (Fsp3) is 0.0909. The summed E-state index contributed by atoms with van der Waals surface area (Å²) in [6.45, 7) is 0. The van der Waals surface area contributed by atoms with Gasteiger partial charge < -0.3 is 11.5 Å². The van der Waals surface area contributed by atoms with Gasteiger partial charge in [-0.2, -0.15) is 18.2 Å². The van der Waals surface area contributed by atoms with Gasteiger partial charge in [0.25, 0.3) is 0 Å².